The van der Waals surface area contributed by atoms with Crippen molar-refractivity contribution in [1.29, 1.82) is 0 Å². The number of rotatable bonds is 6. The number of hydrogen-bond acceptors (Lipinski definition) is 3. The minimum atomic E-state index is -0.177. The van der Waals surface area contributed by atoms with E-state index in [0.29, 0.717) is 18.0 Å². The van der Waals surface area contributed by atoms with Crippen LogP contribution in [-0.2, 0) is 11.3 Å². The van der Waals surface area contributed by atoms with Gasteiger partial charge in [0.15, 0.2) is 11.5 Å². The fourth-order valence-electron chi connectivity index (χ4n) is 1.91. The van der Waals surface area contributed by atoms with Gasteiger partial charge in [-0.1, -0.05) is 41.9 Å². The van der Waals surface area contributed by atoms with E-state index in [1.165, 1.54) is 0 Å². The molecule has 0 N–H and O–H groups in total. The second kappa shape index (κ2) is 7.53. The number of hydrogen-bond donors (Lipinski definition) is 0. The van der Waals surface area contributed by atoms with Crippen LogP contribution in [0.5, 0.6) is 11.5 Å². The van der Waals surface area contributed by atoms with E-state index in [9.17, 15) is 4.79 Å². The maximum absolute atomic E-state index is 12.2. The van der Waals surface area contributed by atoms with Crippen LogP contribution in [0.3, 0.4) is 0 Å². The molecule has 0 heterocycles. The van der Waals surface area contributed by atoms with E-state index < -0.39 is 0 Å². The standard InChI is InChI=1S/C15H22BrNO3/c1-10(2)13(16)15(18)17(3)9-11-7-6-8-12(19-4)14(11)20-5/h6-8,10,13H,9H2,1-5H3. The highest BCUT2D eigenvalue weighted by Gasteiger charge is 2.23. The van der Waals surface area contributed by atoms with Gasteiger partial charge in [0.2, 0.25) is 5.91 Å². The quantitative estimate of drug-likeness (QED) is 0.745. The Morgan fingerprint density at radius 2 is 1.95 bits per heavy atom. The summed E-state index contributed by atoms with van der Waals surface area (Å²) in [6, 6.07) is 5.67. The molecule has 20 heavy (non-hydrogen) atoms. The molecule has 1 amide bonds. The number of benzene rings is 1. The first kappa shape index (κ1) is 16.8. The summed E-state index contributed by atoms with van der Waals surface area (Å²) in [5.41, 5.74) is 0.922. The van der Waals surface area contributed by atoms with Gasteiger partial charge in [0.1, 0.15) is 0 Å². The summed E-state index contributed by atoms with van der Waals surface area (Å²) < 4.78 is 10.6. The normalized spacial score (nSPS) is 12.2. The maximum Gasteiger partial charge on any atom is 0.236 e. The van der Waals surface area contributed by atoms with Crippen molar-refractivity contribution >= 4 is 21.8 Å². The van der Waals surface area contributed by atoms with Gasteiger partial charge in [-0.2, -0.15) is 0 Å². The van der Waals surface area contributed by atoms with Crippen LogP contribution in [0.2, 0.25) is 0 Å². The first-order chi connectivity index (χ1) is 9.42. The monoisotopic (exact) mass is 343 g/mol. The predicted molar refractivity (Wildman–Crippen MR) is 83.6 cm³/mol. The van der Waals surface area contributed by atoms with Crippen LogP contribution >= 0.6 is 15.9 Å². The number of alkyl halides is 1. The molecule has 0 aliphatic heterocycles. The zero-order valence-corrected chi connectivity index (χ0v) is 14.2. The molecule has 0 spiro atoms. The third-order valence-electron chi connectivity index (χ3n) is 3.09. The lowest BCUT2D eigenvalue weighted by Crippen LogP contribution is -2.35. The number of carbonyl (C=O) groups excluding carboxylic acids is 1. The first-order valence-electron chi connectivity index (χ1n) is 6.51. The zero-order valence-electron chi connectivity index (χ0n) is 12.6. The van der Waals surface area contributed by atoms with Gasteiger partial charge in [-0.15, -0.1) is 0 Å². The maximum atomic E-state index is 12.2. The summed E-state index contributed by atoms with van der Waals surface area (Å²) in [6.07, 6.45) is 0. The van der Waals surface area contributed by atoms with Crippen LogP contribution in [0.25, 0.3) is 0 Å². The van der Waals surface area contributed by atoms with Crippen molar-refractivity contribution in [3.8, 4) is 11.5 Å². The number of amides is 1. The average molecular weight is 344 g/mol. The highest BCUT2D eigenvalue weighted by atomic mass is 79.9. The van der Waals surface area contributed by atoms with Crippen LogP contribution in [0, 0.1) is 5.92 Å². The molecule has 1 aromatic carbocycles. The number of carbonyl (C=O) groups is 1. The third kappa shape index (κ3) is 3.88. The fourth-order valence-corrected chi connectivity index (χ4v) is 2.26. The second-order valence-electron chi connectivity index (χ2n) is 4.99. The first-order valence-corrected chi connectivity index (χ1v) is 7.42. The molecular formula is C15H22BrNO3. The van der Waals surface area contributed by atoms with Gasteiger partial charge in [0, 0.05) is 19.2 Å². The molecule has 0 aliphatic carbocycles. The Labute approximate surface area is 129 Å². The van der Waals surface area contributed by atoms with E-state index in [-0.39, 0.29) is 16.7 Å². The number of para-hydroxylation sites is 1. The summed E-state index contributed by atoms with van der Waals surface area (Å²) in [7, 11) is 4.99. The Hall–Kier alpha value is -1.23. The minimum absolute atomic E-state index is 0.0601. The molecule has 0 saturated heterocycles. The molecule has 1 rings (SSSR count). The van der Waals surface area contributed by atoms with Gasteiger partial charge in [-0.3, -0.25) is 4.79 Å². The van der Waals surface area contributed by atoms with E-state index in [1.807, 2.05) is 32.0 Å². The van der Waals surface area contributed by atoms with E-state index in [4.69, 9.17) is 9.47 Å². The van der Waals surface area contributed by atoms with Crippen molar-refractivity contribution in [1.82, 2.24) is 4.90 Å². The molecule has 0 bridgehead atoms. The fraction of sp³-hybridized carbons (Fsp3) is 0.533. The summed E-state index contributed by atoms with van der Waals surface area (Å²) in [5, 5.41) is 0. The Kier molecular flexibility index (Phi) is 6.33. The third-order valence-corrected chi connectivity index (χ3v) is 4.54. The molecule has 0 aromatic heterocycles. The molecule has 5 heteroatoms. The molecule has 1 atom stereocenters. The average Bonchev–Trinajstić information content (AvgIpc) is 2.44. The molecular weight excluding hydrogens is 322 g/mol. The SMILES string of the molecule is COc1cccc(CN(C)C(=O)C(Br)C(C)C)c1OC. The lowest BCUT2D eigenvalue weighted by Gasteiger charge is -2.23. The minimum Gasteiger partial charge on any atom is -0.493 e. The topological polar surface area (TPSA) is 38.8 Å². The molecule has 1 unspecified atom stereocenters. The lowest BCUT2D eigenvalue weighted by atomic mass is 10.1. The van der Waals surface area contributed by atoms with Gasteiger partial charge in [-0.05, 0) is 12.0 Å². The second-order valence-corrected chi connectivity index (χ2v) is 5.98. The van der Waals surface area contributed by atoms with Crippen molar-refractivity contribution in [3.63, 3.8) is 0 Å². The van der Waals surface area contributed by atoms with Gasteiger partial charge in [0.25, 0.3) is 0 Å². The summed E-state index contributed by atoms with van der Waals surface area (Å²) in [5.74, 6) is 1.65. The van der Waals surface area contributed by atoms with Crippen molar-refractivity contribution < 1.29 is 14.3 Å². The molecule has 112 valence electrons. The smallest absolute Gasteiger partial charge is 0.236 e. The van der Waals surface area contributed by atoms with Crippen molar-refractivity contribution in [2.45, 2.75) is 25.2 Å². The predicted octanol–water partition coefficient (Wildman–Crippen LogP) is 3.08. The Morgan fingerprint density at radius 1 is 1.30 bits per heavy atom. The molecule has 4 nitrogen and oxygen atoms in total. The number of nitrogens with zero attached hydrogens (tertiary/aromatic N) is 1. The van der Waals surface area contributed by atoms with Crippen molar-refractivity contribution in [2.24, 2.45) is 5.92 Å². The van der Waals surface area contributed by atoms with E-state index in [0.717, 1.165) is 5.56 Å². The number of methoxy groups -OCH3 is 2. The van der Waals surface area contributed by atoms with Crippen LogP contribution < -0.4 is 9.47 Å². The van der Waals surface area contributed by atoms with Gasteiger partial charge < -0.3 is 14.4 Å². The Balaban J connectivity index is 2.90. The highest BCUT2D eigenvalue weighted by Crippen LogP contribution is 2.31. The van der Waals surface area contributed by atoms with Crippen LogP contribution in [0.1, 0.15) is 19.4 Å². The van der Waals surface area contributed by atoms with Crippen molar-refractivity contribution in [2.75, 3.05) is 21.3 Å². The molecule has 0 saturated carbocycles. The largest absolute Gasteiger partial charge is 0.493 e. The van der Waals surface area contributed by atoms with Crippen molar-refractivity contribution in [3.05, 3.63) is 23.8 Å². The molecule has 0 fully saturated rings. The molecule has 0 aliphatic rings. The van der Waals surface area contributed by atoms with E-state index in [1.54, 1.807) is 26.2 Å². The van der Waals surface area contributed by atoms with E-state index in [2.05, 4.69) is 15.9 Å². The van der Waals surface area contributed by atoms with Gasteiger partial charge in [-0.25, -0.2) is 0 Å². The van der Waals surface area contributed by atoms with Crippen LogP contribution in [0.15, 0.2) is 18.2 Å². The number of halogens is 1. The lowest BCUT2D eigenvalue weighted by molar-refractivity contribution is -0.130. The molecule has 0 radical (unpaired) electrons. The van der Waals surface area contributed by atoms with Gasteiger partial charge >= 0.3 is 0 Å². The Morgan fingerprint density at radius 3 is 2.45 bits per heavy atom. The summed E-state index contributed by atoms with van der Waals surface area (Å²) in [4.78, 5) is 13.8. The zero-order chi connectivity index (χ0) is 15.3. The molecule has 1 aromatic rings. The van der Waals surface area contributed by atoms with Crippen LogP contribution in [-0.4, -0.2) is 36.9 Å². The van der Waals surface area contributed by atoms with Gasteiger partial charge in [0.05, 0.1) is 19.0 Å². The highest BCUT2D eigenvalue weighted by molar-refractivity contribution is 9.10. The summed E-state index contributed by atoms with van der Waals surface area (Å²) in [6.45, 7) is 4.50. The summed E-state index contributed by atoms with van der Waals surface area (Å²) >= 11 is 3.44. The number of ether oxygens (including phenoxy) is 2. The van der Waals surface area contributed by atoms with E-state index >= 15 is 0 Å². The van der Waals surface area contributed by atoms with Crippen LogP contribution in [0.4, 0.5) is 0 Å². The Bertz CT molecular complexity index is 462.